The Morgan fingerprint density at radius 3 is 1.85 bits per heavy atom. The molecule has 1 fully saturated rings. The summed E-state index contributed by atoms with van der Waals surface area (Å²) in [5, 5.41) is 3.23. The van der Waals surface area contributed by atoms with Gasteiger partial charge >= 0.3 is 7.12 Å². The summed E-state index contributed by atoms with van der Waals surface area (Å²) in [6.45, 7) is 14.3. The number of nitrogens with zero attached hydrogens (tertiary/aromatic N) is 2. The maximum atomic E-state index is 5.97. The quantitative estimate of drug-likeness (QED) is 0.838. The van der Waals surface area contributed by atoms with Gasteiger partial charge in [-0.3, -0.25) is 0 Å². The van der Waals surface area contributed by atoms with E-state index in [0.29, 0.717) is 5.95 Å². The normalized spacial score (nSPS) is 21.1. The fourth-order valence-corrected chi connectivity index (χ4v) is 1.84. The molecular weight excluding hydrogens is 253 g/mol. The van der Waals surface area contributed by atoms with Gasteiger partial charge in [0.15, 0.2) is 0 Å². The number of hydrogen-bond donors (Lipinski definition) is 1. The van der Waals surface area contributed by atoms with Crippen LogP contribution >= 0.6 is 0 Å². The Morgan fingerprint density at radius 1 is 1.00 bits per heavy atom. The maximum Gasteiger partial charge on any atom is 0.498 e. The molecule has 5 nitrogen and oxygen atoms in total. The van der Waals surface area contributed by atoms with Gasteiger partial charge in [-0.2, -0.15) is 0 Å². The Balaban J connectivity index is 2.12. The van der Waals surface area contributed by atoms with Crippen LogP contribution in [0, 0.1) is 0 Å². The zero-order valence-electron chi connectivity index (χ0n) is 13.4. The summed E-state index contributed by atoms with van der Waals surface area (Å²) in [5.41, 5.74) is 0.0781. The lowest BCUT2D eigenvalue weighted by Crippen LogP contribution is -2.41. The SMILES string of the molecule is CC(C)(C)Nc1ncc(B2OC(C)(C)C(C)(C)O2)cn1. The summed E-state index contributed by atoms with van der Waals surface area (Å²) in [6.07, 6.45) is 3.51. The van der Waals surface area contributed by atoms with E-state index in [0.717, 1.165) is 5.46 Å². The first kappa shape index (κ1) is 15.3. The molecule has 1 aliphatic heterocycles. The highest BCUT2D eigenvalue weighted by molar-refractivity contribution is 6.61. The summed E-state index contributed by atoms with van der Waals surface area (Å²) in [4.78, 5) is 8.64. The second-order valence-electron chi connectivity index (χ2n) is 7.30. The van der Waals surface area contributed by atoms with Crippen molar-refractivity contribution in [2.24, 2.45) is 0 Å². The number of nitrogens with one attached hydrogen (secondary N) is 1. The molecule has 0 unspecified atom stereocenters. The third-order valence-electron chi connectivity index (χ3n) is 3.68. The minimum atomic E-state index is -0.413. The van der Waals surface area contributed by atoms with E-state index in [2.05, 4.69) is 36.1 Å². The highest BCUT2D eigenvalue weighted by atomic mass is 16.7. The molecule has 0 aliphatic carbocycles. The zero-order valence-corrected chi connectivity index (χ0v) is 13.4. The van der Waals surface area contributed by atoms with Gasteiger partial charge in [0.25, 0.3) is 0 Å². The first-order valence-corrected chi connectivity index (χ1v) is 6.96. The first-order valence-electron chi connectivity index (χ1n) is 6.96. The van der Waals surface area contributed by atoms with E-state index in [1.807, 2.05) is 27.7 Å². The lowest BCUT2D eigenvalue weighted by molar-refractivity contribution is 0.00578. The van der Waals surface area contributed by atoms with Crippen molar-refractivity contribution >= 4 is 18.5 Å². The zero-order chi connectivity index (χ0) is 15.2. The van der Waals surface area contributed by atoms with Gasteiger partial charge in [0.05, 0.1) is 11.2 Å². The van der Waals surface area contributed by atoms with E-state index < -0.39 is 7.12 Å². The van der Waals surface area contributed by atoms with Crippen LogP contribution in [0.25, 0.3) is 0 Å². The third kappa shape index (κ3) is 3.12. The second kappa shape index (κ2) is 4.70. The smallest absolute Gasteiger partial charge is 0.399 e. The van der Waals surface area contributed by atoms with Gasteiger partial charge in [-0.25, -0.2) is 9.97 Å². The van der Waals surface area contributed by atoms with Gasteiger partial charge in [-0.15, -0.1) is 0 Å². The molecule has 2 heterocycles. The molecule has 0 saturated carbocycles. The van der Waals surface area contributed by atoms with Crippen LogP contribution in [0.2, 0.25) is 0 Å². The van der Waals surface area contributed by atoms with Crippen molar-refractivity contribution in [3.05, 3.63) is 12.4 Å². The Bertz CT molecular complexity index is 464. The molecule has 0 amide bonds. The molecule has 0 spiro atoms. The molecular formula is C14H24BN3O2. The van der Waals surface area contributed by atoms with Crippen LogP contribution in [0.5, 0.6) is 0 Å². The third-order valence-corrected chi connectivity index (χ3v) is 3.68. The molecule has 110 valence electrons. The van der Waals surface area contributed by atoms with Crippen LogP contribution in [0.3, 0.4) is 0 Å². The van der Waals surface area contributed by atoms with Gasteiger partial charge in [-0.05, 0) is 48.5 Å². The number of rotatable bonds is 2. The van der Waals surface area contributed by atoms with Gasteiger partial charge in [0.2, 0.25) is 5.95 Å². The Hall–Kier alpha value is -1.14. The number of aromatic nitrogens is 2. The predicted octanol–water partition coefficient (Wildman–Crippen LogP) is 1.99. The molecule has 1 aromatic heterocycles. The van der Waals surface area contributed by atoms with Crippen molar-refractivity contribution in [1.29, 1.82) is 0 Å². The topological polar surface area (TPSA) is 56.3 Å². The fraction of sp³-hybridized carbons (Fsp3) is 0.714. The molecule has 1 aromatic rings. The van der Waals surface area contributed by atoms with Crippen molar-refractivity contribution in [1.82, 2.24) is 9.97 Å². The lowest BCUT2D eigenvalue weighted by Gasteiger charge is -2.32. The van der Waals surface area contributed by atoms with E-state index in [-0.39, 0.29) is 16.7 Å². The van der Waals surface area contributed by atoms with Gasteiger partial charge in [-0.1, -0.05) is 0 Å². The summed E-state index contributed by atoms with van der Waals surface area (Å²) in [6, 6.07) is 0. The molecule has 6 heteroatoms. The van der Waals surface area contributed by atoms with E-state index >= 15 is 0 Å². The van der Waals surface area contributed by atoms with Gasteiger partial charge in [0.1, 0.15) is 0 Å². The van der Waals surface area contributed by atoms with Crippen LogP contribution in [-0.4, -0.2) is 33.8 Å². The fourth-order valence-electron chi connectivity index (χ4n) is 1.84. The van der Waals surface area contributed by atoms with E-state index in [4.69, 9.17) is 9.31 Å². The largest absolute Gasteiger partial charge is 0.498 e. The maximum absolute atomic E-state index is 5.97. The molecule has 0 aromatic carbocycles. The molecule has 0 radical (unpaired) electrons. The average molecular weight is 277 g/mol. The summed E-state index contributed by atoms with van der Waals surface area (Å²) >= 11 is 0. The van der Waals surface area contributed by atoms with Crippen molar-refractivity contribution in [3.8, 4) is 0 Å². The van der Waals surface area contributed by atoms with Crippen molar-refractivity contribution < 1.29 is 9.31 Å². The molecule has 1 aliphatic rings. The molecule has 1 N–H and O–H groups in total. The van der Waals surface area contributed by atoms with Crippen LogP contribution < -0.4 is 10.8 Å². The van der Waals surface area contributed by atoms with E-state index in [1.54, 1.807) is 12.4 Å². The molecule has 20 heavy (non-hydrogen) atoms. The summed E-state index contributed by atoms with van der Waals surface area (Å²) in [5.74, 6) is 0.609. The van der Waals surface area contributed by atoms with Crippen LogP contribution in [0.4, 0.5) is 5.95 Å². The number of anilines is 1. The van der Waals surface area contributed by atoms with Crippen LogP contribution in [0.1, 0.15) is 48.5 Å². The van der Waals surface area contributed by atoms with Gasteiger partial charge in [0, 0.05) is 23.4 Å². The van der Waals surface area contributed by atoms with Crippen molar-refractivity contribution in [2.75, 3.05) is 5.32 Å². The highest BCUT2D eigenvalue weighted by Gasteiger charge is 2.51. The standard InChI is InChI=1S/C14H24BN3O2/c1-12(2,3)18-11-16-8-10(9-17-11)15-19-13(4,5)14(6,7)20-15/h8-9H,1-7H3,(H,16,17,18). The minimum absolute atomic E-state index is 0.0636. The monoisotopic (exact) mass is 277 g/mol. The molecule has 0 bridgehead atoms. The van der Waals surface area contributed by atoms with E-state index in [9.17, 15) is 0 Å². The molecule has 2 rings (SSSR count). The lowest BCUT2D eigenvalue weighted by atomic mass is 9.81. The number of hydrogen-bond acceptors (Lipinski definition) is 5. The second-order valence-corrected chi connectivity index (χ2v) is 7.30. The molecule has 0 atom stereocenters. The van der Waals surface area contributed by atoms with E-state index in [1.165, 1.54) is 0 Å². The van der Waals surface area contributed by atoms with Crippen molar-refractivity contribution in [3.63, 3.8) is 0 Å². The minimum Gasteiger partial charge on any atom is -0.399 e. The first-order chi connectivity index (χ1) is 9.00. The highest BCUT2D eigenvalue weighted by Crippen LogP contribution is 2.36. The average Bonchev–Trinajstić information content (AvgIpc) is 2.47. The summed E-state index contributed by atoms with van der Waals surface area (Å²) in [7, 11) is -0.413. The van der Waals surface area contributed by atoms with Crippen molar-refractivity contribution in [2.45, 2.75) is 65.2 Å². The van der Waals surface area contributed by atoms with Gasteiger partial charge < -0.3 is 14.6 Å². The predicted molar refractivity (Wildman–Crippen MR) is 81.1 cm³/mol. The Kier molecular flexibility index (Phi) is 3.59. The Labute approximate surface area is 121 Å². The Morgan fingerprint density at radius 2 is 1.45 bits per heavy atom. The molecule has 1 saturated heterocycles. The van der Waals surface area contributed by atoms with Crippen LogP contribution in [0.15, 0.2) is 12.4 Å². The summed E-state index contributed by atoms with van der Waals surface area (Å²) < 4.78 is 11.9. The van der Waals surface area contributed by atoms with Crippen LogP contribution in [-0.2, 0) is 9.31 Å².